The van der Waals surface area contributed by atoms with E-state index in [1.165, 1.54) is 0 Å². The number of carbonyl (C=O) groups is 1. The van der Waals surface area contributed by atoms with Crippen molar-refractivity contribution in [1.29, 1.82) is 0 Å². The van der Waals surface area contributed by atoms with Crippen molar-refractivity contribution >= 4 is 22.6 Å². The van der Waals surface area contributed by atoms with E-state index in [4.69, 9.17) is 0 Å². The van der Waals surface area contributed by atoms with Gasteiger partial charge in [0.2, 0.25) is 0 Å². The second-order valence-electron chi connectivity index (χ2n) is 5.43. The summed E-state index contributed by atoms with van der Waals surface area (Å²) in [4.78, 5) is 16.9. The Morgan fingerprint density at radius 2 is 1.75 bits per heavy atom. The third-order valence-electron chi connectivity index (χ3n) is 3.58. The number of nitrogens with zero attached hydrogens (tertiary/aromatic N) is 3. The number of carbonyl (C=O) groups excluding carboxylic acids is 1. The number of halogens is 3. The molecule has 1 N–H and O–H groups in total. The Hall–Kier alpha value is -2.90. The lowest BCUT2D eigenvalue weighted by atomic mass is 10.1. The number of hydrogen-bond acceptors (Lipinski definition) is 3. The lowest BCUT2D eigenvalue weighted by molar-refractivity contribution is 0.102. The molecule has 3 rings (SSSR count). The minimum atomic E-state index is -1.58. The average Bonchev–Trinajstić information content (AvgIpc) is 2.78. The summed E-state index contributed by atoms with van der Waals surface area (Å²) < 4.78 is 41.1. The molecule has 0 aliphatic rings. The topological polar surface area (TPSA) is 59.8 Å². The number of rotatable bonds is 2. The number of fused-ring (bicyclic) bond motifs is 1. The first-order valence-electron chi connectivity index (χ1n) is 7.04. The van der Waals surface area contributed by atoms with Gasteiger partial charge in [0.1, 0.15) is 0 Å². The van der Waals surface area contributed by atoms with Crippen molar-refractivity contribution in [3.05, 3.63) is 52.6 Å². The molecule has 2 heterocycles. The van der Waals surface area contributed by atoms with Crippen LogP contribution in [0.5, 0.6) is 0 Å². The van der Waals surface area contributed by atoms with E-state index in [9.17, 15) is 18.0 Å². The fourth-order valence-corrected chi connectivity index (χ4v) is 2.58. The van der Waals surface area contributed by atoms with Crippen molar-refractivity contribution < 1.29 is 18.0 Å². The van der Waals surface area contributed by atoms with E-state index in [1.807, 2.05) is 0 Å². The largest absolute Gasteiger partial charge is 0.322 e. The van der Waals surface area contributed by atoms with E-state index < -0.39 is 23.4 Å². The Morgan fingerprint density at radius 1 is 1.12 bits per heavy atom. The van der Waals surface area contributed by atoms with E-state index in [0.717, 1.165) is 12.1 Å². The molecule has 124 valence electrons. The molecular formula is C16H13F3N4O. The SMILES string of the molecule is Cc1cc(C(=O)Nc2cc(F)c(F)c(F)c2)c2c(C)nn(C)c2n1. The smallest absolute Gasteiger partial charge is 0.256 e. The van der Waals surface area contributed by atoms with Gasteiger partial charge < -0.3 is 5.32 Å². The minimum Gasteiger partial charge on any atom is -0.322 e. The molecule has 0 saturated heterocycles. The van der Waals surface area contributed by atoms with Gasteiger partial charge in [-0.2, -0.15) is 5.10 Å². The molecule has 1 amide bonds. The van der Waals surface area contributed by atoms with Crippen LogP contribution in [0.2, 0.25) is 0 Å². The number of hydrogen-bond donors (Lipinski definition) is 1. The van der Waals surface area contributed by atoms with Gasteiger partial charge in [-0.3, -0.25) is 9.48 Å². The van der Waals surface area contributed by atoms with Crippen molar-refractivity contribution in [3.63, 3.8) is 0 Å². The third kappa shape index (κ3) is 2.60. The summed E-state index contributed by atoms with van der Waals surface area (Å²) in [5.41, 5.74) is 1.80. The highest BCUT2D eigenvalue weighted by molar-refractivity contribution is 6.12. The highest BCUT2D eigenvalue weighted by atomic mass is 19.2. The van der Waals surface area contributed by atoms with Gasteiger partial charge in [0.05, 0.1) is 16.6 Å². The molecule has 0 saturated carbocycles. The maximum atomic E-state index is 13.3. The standard InChI is InChI=1S/C16H13F3N4O/c1-7-4-10(13-8(2)22-23(3)15(13)20-7)16(24)21-9-5-11(17)14(19)12(18)6-9/h4-6H,1-3H3,(H,21,24). The number of nitrogens with one attached hydrogen (secondary N) is 1. The van der Waals surface area contributed by atoms with Crippen LogP contribution in [-0.2, 0) is 7.05 Å². The molecule has 2 aromatic heterocycles. The molecule has 0 bridgehead atoms. The fraction of sp³-hybridized carbons (Fsp3) is 0.188. The van der Waals surface area contributed by atoms with Crippen LogP contribution in [0, 0.1) is 31.3 Å². The first kappa shape index (κ1) is 16.0. The molecule has 1 aromatic carbocycles. The average molecular weight is 334 g/mol. The quantitative estimate of drug-likeness (QED) is 0.732. The first-order chi connectivity index (χ1) is 11.3. The van der Waals surface area contributed by atoms with Crippen LogP contribution >= 0.6 is 0 Å². The monoisotopic (exact) mass is 334 g/mol. The van der Waals surface area contributed by atoms with Gasteiger partial charge in [0, 0.05) is 30.6 Å². The molecule has 24 heavy (non-hydrogen) atoms. The third-order valence-corrected chi connectivity index (χ3v) is 3.58. The Balaban J connectivity index is 2.06. The Labute approximate surface area is 135 Å². The normalized spacial score (nSPS) is 11.1. The zero-order valence-corrected chi connectivity index (χ0v) is 13.1. The van der Waals surface area contributed by atoms with Crippen LogP contribution in [-0.4, -0.2) is 20.7 Å². The van der Waals surface area contributed by atoms with Gasteiger partial charge in [-0.1, -0.05) is 0 Å². The molecule has 0 aliphatic heterocycles. The van der Waals surface area contributed by atoms with Crippen LogP contribution in [0.15, 0.2) is 18.2 Å². The summed E-state index contributed by atoms with van der Waals surface area (Å²) in [6, 6.07) is 3.00. The molecule has 5 nitrogen and oxygen atoms in total. The van der Waals surface area contributed by atoms with Gasteiger partial charge in [-0.25, -0.2) is 18.2 Å². The maximum Gasteiger partial charge on any atom is 0.256 e. The van der Waals surface area contributed by atoms with Gasteiger partial charge >= 0.3 is 0 Å². The van der Waals surface area contributed by atoms with E-state index >= 15 is 0 Å². The second kappa shape index (κ2) is 5.63. The van der Waals surface area contributed by atoms with E-state index in [1.54, 1.807) is 31.6 Å². The number of pyridine rings is 1. The summed E-state index contributed by atoms with van der Waals surface area (Å²) in [6.45, 7) is 3.45. The molecule has 0 atom stereocenters. The highest BCUT2D eigenvalue weighted by Crippen LogP contribution is 2.23. The Morgan fingerprint density at radius 3 is 2.38 bits per heavy atom. The van der Waals surface area contributed by atoms with Gasteiger partial charge in [0.25, 0.3) is 5.91 Å². The van der Waals surface area contributed by atoms with Crippen molar-refractivity contribution in [3.8, 4) is 0 Å². The van der Waals surface area contributed by atoms with E-state index in [2.05, 4.69) is 15.4 Å². The molecule has 3 aromatic rings. The number of anilines is 1. The molecule has 0 spiro atoms. The molecule has 0 aliphatic carbocycles. The Bertz CT molecular complexity index is 958. The first-order valence-corrected chi connectivity index (χ1v) is 7.04. The number of aryl methyl sites for hydroxylation is 3. The fourth-order valence-electron chi connectivity index (χ4n) is 2.58. The molecule has 0 fully saturated rings. The van der Waals surface area contributed by atoms with Crippen molar-refractivity contribution in [2.45, 2.75) is 13.8 Å². The van der Waals surface area contributed by atoms with Crippen LogP contribution in [0.25, 0.3) is 11.0 Å². The highest BCUT2D eigenvalue weighted by Gasteiger charge is 2.19. The van der Waals surface area contributed by atoms with Crippen molar-refractivity contribution in [2.75, 3.05) is 5.32 Å². The van der Waals surface area contributed by atoms with Gasteiger partial charge in [-0.05, 0) is 19.9 Å². The van der Waals surface area contributed by atoms with Crippen LogP contribution in [0.4, 0.5) is 18.9 Å². The maximum absolute atomic E-state index is 13.3. The van der Waals surface area contributed by atoms with Crippen LogP contribution < -0.4 is 5.32 Å². The zero-order valence-electron chi connectivity index (χ0n) is 13.1. The molecule has 0 unspecified atom stereocenters. The summed E-state index contributed by atoms with van der Waals surface area (Å²) in [5, 5.41) is 7.14. The summed E-state index contributed by atoms with van der Waals surface area (Å²) in [7, 11) is 1.70. The summed E-state index contributed by atoms with van der Waals surface area (Å²) >= 11 is 0. The summed E-state index contributed by atoms with van der Waals surface area (Å²) in [5.74, 6) is -4.93. The number of aromatic nitrogens is 3. The summed E-state index contributed by atoms with van der Waals surface area (Å²) in [6.07, 6.45) is 0. The number of amides is 1. The van der Waals surface area contributed by atoms with Crippen molar-refractivity contribution in [2.24, 2.45) is 7.05 Å². The lowest BCUT2D eigenvalue weighted by Crippen LogP contribution is -2.14. The zero-order chi connectivity index (χ0) is 17.6. The number of benzene rings is 1. The predicted octanol–water partition coefficient (Wildman–Crippen LogP) is 3.25. The minimum absolute atomic E-state index is 0.180. The predicted molar refractivity (Wildman–Crippen MR) is 82.3 cm³/mol. The van der Waals surface area contributed by atoms with Gasteiger partial charge in [-0.15, -0.1) is 0 Å². The molecule has 0 radical (unpaired) electrons. The van der Waals surface area contributed by atoms with E-state index in [0.29, 0.717) is 22.4 Å². The van der Waals surface area contributed by atoms with Crippen molar-refractivity contribution in [1.82, 2.24) is 14.8 Å². The molecular weight excluding hydrogens is 321 g/mol. The second-order valence-corrected chi connectivity index (χ2v) is 5.43. The Kier molecular flexibility index (Phi) is 3.75. The van der Waals surface area contributed by atoms with Crippen LogP contribution in [0.3, 0.4) is 0 Å². The molecule has 8 heteroatoms. The lowest BCUT2D eigenvalue weighted by Gasteiger charge is -2.08. The van der Waals surface area contributed by atoms with E-state index in [-0.39, 0.29) is 11.3 Å². The van der Waals surface area contributed by atoms with Gasteiger partial charge in [0.15, 0.2) is 23.1 Å². The van der Waals surface area contributed by atoms with Crippen LogP contribution in [0.1, 0.15) is 21.7 Å².